The Kier molecular flexibility index (Phi) is 3.31. The molecule has 0 aliphatic heterocycles. The smallest absolute Gasteiger partial charge is 0.291 e. The first-order chi connectivity index (χ1) is 10.1. The summed E-state index contributed by atoms with van der Waals surface area (Å²) in [7, 11) is 0. The highest BCUT2D eigenvalue weighted by molar-refractivity contribution is 5.90. The van der Waals surface area contributed by atoms with E-state index < -0.39 is 0 Å². The van der Waals surface area contributed by atoms with E-state index in [4.69, 9.17) is 0 Å². The van der Waals surface area contributed by atoms with Gasteiger partial charge in [-0.25, -0.2) is 9.50 Å². The van der Waals surface area contributed by atoms with Crippen LogP contribution in [0.5, 0.6) is 0 Å². The van der Waals surface area contributed by atoms with E-state index in [1.807, 2.05) is 32.0 Å². The Hall–Kier alpha value is -2.83. The zero-order chi connectivity index (χ0) is 14.8. The van der Waals surface area contributed by atoms with Crippen molar-refractivity contribution in [2.75, 3.05) is 0 Å². The molecule has 0 aliphatic rings. The molecule has 1 N–H and O–H groups in total. The van der Waals surface area contributed by atoms with Crippen molar-refractivity contribution in [1.82, 2.24) is 29.9 Å². The van der Waals surface area contributed by atoms with Crippen molar-refractivity contribution in [3.63, 3.8) is 0 Å². The predicted octanol–water partition coefficient (Wildman–Crippen LogP) is 1.07. The zero-order valence-corrected chi connectivity index (χ0v) is 11.7. The first-order valence-electron chi connectivity index (χ1n) is 6.51. The van der Waals surface area contributed by atoms with E-state index in [0.29, 0.717) is 12.3 Å². The van der Waals surface area contributed by atoms with Gasteiger partial charge in [-0.15, -0.1) is 5.10 Å². The first-order valence-corrected chi connectivity index (χ1v) is 6.51. The highest BCUT2D eigenvalue weighted by Crippen LogP contribution is 2.05. The highest BCUT2D eigenvalue weighted by Gasteiger charge is 2.14. The fourth-order valence-corrected chi connectivity index (χ4v) is 2.02. The molecule has 0 aliphatic carbocycles. The maximum Gasteiger partial charge on any atom is 0.291 e. The van der Waals surface area contributed by atoms with Crippen LogP contribution in [0.2, 0.25) is 0 Å². The van der Waals surface area contributed by atoms with Gasteiger partial charge in [0.1, 0.15) is 0 Å². The number of nitrogens with one attached hydrogen (secondary N) is 1. The number of aryl methyl sites for hydroxylation is 2. The fraction of sp³-hybridized carbons (Fsp3) is 0.214. The molecule has 3 rings (SSSR count). The fourth-order valence-electron chi connectivity index (χ4n) is 2.02. The van der Waals surface area contributed by atoms with Gasteiger partial charge in [-0.05, 0) is 37.6 Å². The molecule has 0 saturated heterocycles. The summed E-state index contributed by atoms with van der Waals surface area (Å²) in [6.07, 6.45) is 3.36. The summed E-state index contributed by atoms with van der Waals surface area (Å²) in [5.41, 5.74) is 2.70. The molecule has 21 heavy (non-hydrogen) atoms. The Morgan fingerprint density at radius 1 is 1.24 bits per heavy atom. The lowest BCUT2D eigenvalue weighted by molar-refractivity contribution is 0.0940. The third-order valence-electron chi connectivity index (χ3n) is 3.02. The van der Waals surface area contributed by atoms with E-state index in [1.54, 1.807) is 16.9 Å². The van der Waals surface area contributed by atoms with Gasteiger partial charge in [-0.3, -0.25) is 9.78 Å². The summed E-state index contributed by atoms with van der Waals surface area (Å²) in [6.45, 7) is 4.18. The van der Waals surface area contributed by atoms with Crippen LogP contribution in [-0.2, 0) is 6.54 Å². The standard InChI is InChI=1S/C14H14N6O/c1-9-7-10(2)20-14(17-9)18-12(19-20)13(21)16-8-11-3-5-15-6-4-11/h3-7H,8H2,1-2H3,(H,16,21). The van der Waals surface area contributed by atoms with E-state index in [0.717, 1.165) is 17.0 Å². The Balaban J connectivity index is 1.80. The second kappa shape index (κ2) is 5.28. The summed E-state index contributed by atoms with van der Waals surface area (Å²) in [5, 5.41) is 6.96. The third kappa shape index (κ3) is 2.71. The lowest BCUT2D eigenvalue weighted by Gasteiger charge is -2.01. The van der Waals surface area contributed by atoms with Gasteiger partial charge in [0.25, 0.3) is 11.7 Å². The molecule has 0 spiro atoms. The van der Waals surface area contributed by atoms with Gasteiger partial charge in [0.05, 0.1) is 0 Å². The topological polar surface area (TPSA) is 85.1 Å². The number of amides is 1. The van der Waals surface area contributed by atoms with Crippen LogP contribution in [0.1, 0.15) is 27.6 Å². The van der Waals surface area contributed by atoms with Crippen molar-refractivity contribution in [2.24, 2.45) is 0 Å². The monoisotopic (exact) mass is 282 g/mol. The zero-order valence-electron chi connectivity index (χ0n) is 11.7. The maximum atomic E-state index is 12.1. The molecule has 0 bridgehead atoms. The van der Waals surface area contributed by atoms with Crippen molar-refractivity contribution >= 4 is 11.7 Å². The molecule has 0 radical (unpaired) electrons. The Morgan fingerprint density at radius 3 is 2.76 bits per heavy atom. The Morgan fingerprint density at radius 2 is 2.00 bits per heavy atom. The van der Waals surface area contributed by atoms with Crippen LogP contribution in [0.15, 0.2) is 30.6 Å². The van der Waals surface area contributed by atoms with Gasteiger partial charge in [0, 0.05) is 30.3 Å². The van der Waals surface area contributed by atoms with Gasteiger partial charge < -0.3 is 5.32 Å². The minimum absolute atomic E-state index is 0.116. The second-order valence-corrected chi connectivity index (χ2v) is 4.72. The largest absolute Gasteiger partial charge is 0.345 e. The SMILES string of the molecule is Cc1cc(C)n2nc(C(=O)NCc3ccncc3)nc2n1. The lowest BCUT2D eigenvalue weighted by atomic mass is 10.3. The second-order valence-electron chi connectivity index (χ2n) is 4.72. The van der Waals surface area contributed by atoms with E-state index in [-0.39, 0.29) is 11.7 Å². The number of aromatic nitrogens is 5. The normalized spacial score (nSPS) is 10.8. The van der Waals surface area contributed by atoms with Crippen LogP contribution >= 0.6 is 0 Å². The van der Waals surface area contributed by atoms with Crippen LogP contribution in [0.4, 0.5) is 0 Å². The average molecular weight is 282 g/mol. The summed E-state index contributed by atoms with van der Waals surface area (Å²) in [5.74, 6) is 0.223. The Bertz CT molecular complexity index is 796. The number of carbonyl (C=O) groups is 1. The molecule has 7 heteroatoms. The number of hydrogen-bond donors (Lipinski definition) is 1. The molecule has 0 atom stereocenters. The number of hydrogen-bond acceptors (Lipinski definition) is 5. The molecule has 0 fully saturated rings. The molecule has 7 nitrogen and oxygen atoms in total. The number of pyridine rings is 1. The third-order valence-corrected chi connectivity index (χ3v) is 3.02. The number of carbonyl (C=O) groups excluding carboxylic acids is 1. The van der Waals surface area contributed by atoms with Crippen LogP contribution in [0, 0.1) is 13.8 Å². The summed E-state index contributed by atoms with van der Waals surface area (Å²) in [4.78, 5) is 24.4. The molecule has 1 amide bonds. The van der Waals surface area contributed by atoms with Gasteiger partial charge in [-0.2, -0.15) is 4.98 Å². The lowest BCUT2D eigenvalue weighted by Crippen LogP contribution is -2.24. The summed E-state index contributed by atoms with van der Waals surface area (Å²) < 4.78 is 1.56. The van der Waals surface area contributed by atoms with Gasteiger partial charge in [0.15, 0.2) is 0 Å². The van der Waals surface area contributed by atoms with E-state index in [2.05, 4.69) is 25.4 Å². The van der Waals surface area contributed by atoms with Crippen molar-refractivity contribution in [1.29, 1.82) is 0 Å². The Labute approximate surface area is 121 Å². The van der Waals surface area contributed by atoms with E-state index in [1.165, 1.54) is 0 Å². The van der Waals surface area contributed by atoms with Crippen LogP contribution < -0.4 is 5.32 Å². The maximum absolute atomic E-state index is 12.1. The molecule has 3 heterocycles. The summed E-state index contributed by atoms with van der Waals surface area (Å²) in [6, 6.07) is 5.57. The van der Waals surface area contributed by atoms with Gasteiger partial charge in [0.2, 0.25) is 5.82 Å². The van der Waals surface area contributed by atoms with Crippen molar-refractivity contribution in [3.05, 3.63) is 53.4 Å². The first kappa shape index (κ1) is 13.2. The molecule has 0 saturated carbocycles. The molecule has 3 aromatic heterocycles. The molecule has 0 unspecified atom stereocenters. The number of rotatable bonds is 3. The minimum Gasteiger partial charge on any atom is -0.345 e. The van der Waals surface area contributed by atoms with Gasteiger partial charge in [-0.1, -0.05) is 0 Å². The summed E-state index contributed by atoms with van der Waals surface area (Å²) >= 11 is 0. The minimum atomic E-state index is -0.325. The number of fused-ring (bicyclic) bond motifs is 1. The highest BCUT2D eigenvalue weighted by atomic mass is 16.2. The number of nitrogens with zero attached hydrogens (tertiary/aromatic N) is 5. The van der Waals surface area contributed by atoms with Crippen LogP contribution in [-0.4, -0.2) is 30.5 Å². The van der Waals surface area contributed by atoms with Crippen molar-refractivity contribution in [3.8, 4) is 0 Å². The van der Waals surface area contributed by atoms with Gasteiger partial charge >= 0.3 is 0 Å². The van der Waals surface area contributed by atoms with Crippen LogP contribution in [0.25, 0.3) is 5.78 Å². The van der Waals surface area contributed by atoms with Crippen molar-refractivity contribution in [2.45, 2.75) is 20.4 Å². The predicted molar refractivity (Wildman–Crippen MR) is 75.7 cm³/mol. The molecular formula is C14H14N6O. The molecular weight excluding hydrogens is 268 g/mol. The quantitative estimate of drug-likeness (QED) is 0.776. The van der Waals surface area contributed by atoms with E-state index >= 15 is 0 Å². The average Bonchev–Trinajstić information content (AvgIpc) is 2.90. The molecule has 0 aromatic carbocycles. The molecule has 3 aromatic rings. The van der Waals surface area contributed by atoms with Crippen molar-refractivity contribution < 1.29 is 4.79 Å². The van der Waals surface area contributed by atoms with Crippen LogP contribution in [0.3, 0.4) is 0 Å². The van der Waals surface area contributed by atoms with E-state index in [9.17, 15) is 4.79 Å². The molecule has 106 valence electrons.